The van der Waals surface area contributed by atoms with Gasteiger partial charge in [0.15, 0.2) is 11.5 Å². The van der Waals surface area contributed by atoms with E-state index in [9.17, 15) is 9.59 Å². The van der Waals surface area contributed by atoms with E-state index in [2.05, 4.69) is 5.32 Å². The minimum absolute atomic E-state index is 0.00807. The van der Waals surface area contributed by atoms with Gasteiger partial charge in [0.2, 0.25) is 5.78 Å². The summed E-state index contributed by atoms with van der Waals surface area (Å²) in [7, 11) is 3.07. The lowest BCUT2D eigenvalue weighted by molar-refractivity contribution is 0.0950. The summed E-state index contributed by atoms with van der Waals surface area (Å²) >= 11 is 2.88. The van der Waals surface area contributed by atoms with Crippen molar-refractivity contribution in [1.82, 2.24) is 5.32 Å². The van der Waals surface area contributed by atoms with E-state index in [0.717, 1.165) is 4.88 Å². The monoisotopic (exact) mass is 387 g/mol. The van der Waals surface area contributed by atoms with Crippen molar-refractivity contribution >= 4 is 34.4 Å². The van der Waals surface area contributed by atoms with Crippen molar-refractivity contribution in [3.63, 3.8) is 0 Å². The van der Waals surface area contributed by atoms with E-state index in [4.69, 9.17) is 9.47 Å². The average molecular weight is 387 g/mol. The molecule has 0 radical (unpaired) electrons. The molecule has 3 aromatic rings. The Balaban J connectivity index is 1.64. The Morgan fingerprint density at radius 3 is 2.50 bits per heavy atom. The van der Waals surface area contributed by atoms with Crippen LogP contribution in [0.3, 0.4) is 0 Å². The molecule has 7 heteroatoms. The van der Waals surface area contributed by atoms with Gasteiger partial charge in [-0.05, 0) is 41.8 Å². The third-order valence-corrected chi connectivity index (χ3v) is 5.50. The van der Waals surface area contributed by atoms with Gasteiger partial charge >= 0.3 is 0 Å². The molecule has 3 rings (SSSR count). The Labute approximate surface area is 159 Å². The molecule has 0 saturated heterocycles. The number of ketones is 1. The number of hydrogen-bond acceptors (Lipinski definition) is 6. The minimum Gasteiger partial charge on any atom is -0.493 e. The van der Waals surface area contributed by atoms with Crippen LogP contribution in [0.25, 0.3) is 0 Å². The molecule has 0 fully saturated rings. The highest BCUT2D eigenvalue weighted by atomic mass is 32.1. The molecule has 134 valence electrons. The maximum atomic E-state index is 12.3. The fourth-order valence-electron chi connectivity index (χ4n) is 2.38. The number of nitrogens with one attached hydrogen (secondary N) is 1. The van der Waals surface area contributed by atoms with E-state index in [0.29, 0.717) is 34.0 Å². The summed E-state index contributed by atoms with van der Waals surface area (Å²) in [5.41, 5.74) is 1.17. The fourth-order valence-corrected chi connectivity index (χ4v) is 3.92. The van der Waals surface area contributed by atoms with Crippen LogP contribution in [0.1, 0.15) is 30.5 Å². The molecule has 0 aliphatic carbocycles. The first-order valence-corrected chi connectivity index (χ1v) is 9.54. The van der Waals surface area contributed by atoms with Crippen LogP contribution in [0, 0.1) is 0 Å². The van der Waals surface area contributed by atoms with Gasteiger partial charge in [0, 0.05) is 21.4 Å². The highest BCUT2D eigenvalue weighted by Gasteiger charge is 2.14. The average Bonchev–Trinajstić information content (AvgIpc) is 3.36. The van der Waals surface area contributed by atoms with Crippen LogP contribution in [-0.2, 0) is 6.54 Å². The highest BCUT2D eigenvalue weighted by Crippen LogP contribution is 2.27. The van der Waals surface area contributed by atoms with Crippen molar-refractivity contribution < 1.29 is 19.1 Å². The van der Waals surface area contributed by atoms with Crippen LogP contribution < -0.4 is 14.8 Å². The summed E-state index contributed by atoms with van der Waals surface area (Å²) < 4.78 is 10.4. The summed E-state index contributed by atoms with van der Waals surface area (Å²) in [6.07, 6.45) is 0. The molecular weight excluding hydrogens is 370 g/mol. The van der Waals surface area contributed by atoms with E-state index < -0.39 is 0 Å². The fraction of sp³-hybridized carbons (Fsp3) is 0.158. The molecule has 1 aromatic carbocycles. The standard InChI is InChI=1S/C19H17NO4S2/c1-23-15-5-3-12(9-16(15)24-2)19(22)20-10-14-4-6-17(26-14)18(21)13-7-8-25-11-13/h3-9,11H,10H2,1-2H3,(H,20,22). The second-order valence-electron chi connectivity index (χ2n) is 5.36. The summed E-state index contributed by atoms with van der Waals surface area (Å²) in [5, 5.41) is 6.57. The molecule has 1 N–H and O–H groups in total. The van der Waals surface area contributed by atoms with Gasteiger partial charge in [-0.3, -0.25) is 9.59 Å². The third-order valence-electron chi connectivity index (χ3n) is 3.74. The van der Waals surface area contributed by atoms with Gasteiger partial charge in [-0.15, -0.1) is 11.3 Å². The van der Waals surface area contributed by atoms with E-state index in [-0.39, 0.29) is 11.7 Å². The molecule has 0 saturated carbocycles. The van der Waals surface area contributed by atoms with Crippen LogP contribution >= 0.6 is 22.7 Å². The third kappa shape index (κ3) is 3.95. The van der Waals surface area contributed by atoms with Crippen molar-refractivity contribution in [2.24, 2.45) is 0 Å². The molecule has 5 nitrogen and oxygen atoms in total. The summed E-state index contributed by atoms with van der Waals surface area (Å²) in [6, 6.07) is 10.5. The number of hydrogen-bond donors (Lipinski definition) is 1. The van der Waals surface area contributed by atoms with Crippen molar-refractivity contribution in [1.29, 1.82) is 0 Å². The summed E-state index contributed by atoms with van der Waals surface area (Å²) in [5.74, 6) is 0.859. The van der Waals surface area contributed by atoms with Gasteiger partial charge in [-0.1, -0.05) is 0 Å². The number of ether oxygens (including phenoxy) is 2. The van der Waals surface area contributed by atoms with Crippen molar-refractivity contribution in [2.75, 3.05) is 14.2 Å². The molecule has 2 aromatic heterocycles. The molecule has 0 spiro atoms. The SMILES string of the molecule is COc1ccc(C(=O)NCc2ccc(C(=O)c3ccsc3)s2)cc1OC. The molecule has 2 heterocycles. The zero-order valence-electron chi connectivity index (χ0n) is 14.3. The Hall–Kier alpha value is -2.64. The van der Waals surface area contributed by atoms with Crippen LogP contribution in [0.4, 0.5) is 0 Å². The molecular formula is C19H17NO4S2. The Bertz CT molecular complexity index is 916. The smallest absolute Gasteiger partial charge is 0.251 e. The lowest BCUT2D eigenvalue weighted by Gasteiger charge is -2.09. The van der Waals surface area contributed by atoms with Gasteiger partial charge in [0.1, 0.15) is 0 Å². The topological polar surface area (TPSA) is 64.6 Å². The normalized spacial score (nSPS) is 10.4. The largest absolute Gasteiger partial charge is 0.493 e. The van der Waals surface area contributed by atoms with Crippen LogP contribution in [-0.4, -0.2) is 25.9 Å². The number of carbonyl (C=O) groups is 2. The molecule has 0 aliphatic heterocycles. The predicted molar refractivity (Wildman–Crippen MR) is 103 cm³/mol. The first kappa shape index (κ1) is 18.2. The Morgan fingerprint density at radius 1 is 1.00 bits per heavy atom. The summed E-state index contributed by atoms with van der Waals surface area (Å²) in [4.78, 5) is 26.2. The number of methoxy groups -OCH3 is 2. The lowest BCUT2D eigenvalue weighted by atomic mass is 10.2. The molecule has 26 heavy (non-hydrogen) atoms. The van der Waals surface area contributed by atoms with E-state index >= 15 is 0 Å². The lowest BCUT2D eigenvalue weighted by Crippen LogP contribution is -2.22. The Kier molecular flexibility index (Phi) is 5.70. The van der Waals surface area contributed by atoms with Gasteiger partial charge in [-0.2, -0.15) is 11.3 Å². The molecule has 0 atom stereocenters. The van der Waals surface area contributed by atoms with Crippen LogP contribution in [0.5, 0.6) is 11.5 Å². The first-order valence-electron chi connectivity index (χ1n) is 7.78. The zero-order chi connectivity index (χ0) is 18.5. The number of carbonyl (C=O) groups excluding carboxylic acids is 2. The van der Waals surface area contributed by atoms with Crippen molar-refractivity contribution in [3.8, 4) is 11.5 Å². The second-order valence-corrected chi connectivity index (χ2v) is 7.31. The number of thiophene rings is 2. The first-order chi connectivity index (χ1) is 12.6. The maximum absolute atomic E-state index is 12.3. The van der Waals surface area contributed by atoms with E-state index in [1.165, 1.54) is 29.8 Å². The maximum Gasteiger partial charge on any atom is 0.251 e. The Morgan fingerprint density at radius 2 is 1.81 bits per heavy atom. The predicted octanol–water partition coefficient (Wildman–Crippen LogP) is 3.99. The molecule has 0 bridgehead atoms. The molecule has 1 amide bonds. The number of benzene rings is 1. The number of rotatable bonds is 7. The quantitative estimate of drug-likeness (QED) is 0.623. The minimum atomic E-state index is -0.218. The zero-order valence-corrected chi connectivity index (χ0v) is 15.9. The highest BCUT2D eigenvalue weighted by molar-refractivity contribution is 7.14. The van der Waals surface area contributed by atoms with Crippen LogP contribution in [0.15, 0.2) is 47.2 Å². The van der Waals surface area contributed by atoms with Gasteiger partial charge in [0.05, 0.1) is 25.6 Å². The second kappa shape index (κ2) is 8.16. The van der Waals surface area contributed by atoms with Crippen molar-refractivity contribution in [3.05, 3.63) is 68.0 Å². The van der Waals surface area contributed by atoms with Crippen molar-refractivity contribution in [2.45, 2.75) is 6.54 Å². The van der Waals surface area contributed by atoms with Gasteiger partial charge in [0.25, 0.3) is 5.91 Å². The van der Waals surface area contributed by atoms with E-state index in [1.54, 1.807) is 31.4 Å². The van der Waals surface area contributed by atoms with Gasteiger partial charge in [-0.25, -0.2) is 0 Å². The van der Waals surface area contributed by atoms with Gasteiger partial charge < -0.3 is 14.8 Å². The molecule has 0 unspecified atom stereocenters. The molecule has 0 aliphatic rings. The number of amides is 1. The van der Waals surface area contributed by atoms with E-state index in [1.807, 2.05) is 22.9 Å². The van der Waals surface area contributed by atoms with Crippen LogP contribution in [0.2, 0.25) is 0 Å². The summed E-state index contributed by atoms with van der Waals surface area (Å²) in [6.45, 7) is 0.356.